The molecule has 0 spiro atoms. The Balaban J connectivity index is 2.66. The number of hydrogen-bond acceptors (Lipinski definition) is 4. The topological polar surface area (TPSA) is 86.7 Å². The van der Waals surface area contributed by atoms with Crippen molar-refractivity contribution in [2.75, 3.05) is 18.8 Å². The zero-order chi connectivity index (χ0) is 13.7. The summed E-state index contributed by atoms with van der Waals surface area (Å²) in [5.74, 6) is -1.35. The first-order chi connectivity index (χ1) is 8.41. The SMILES string of the molecule is CC(C)SCC(=O)N1CCNC(=O)C1CC(=O)O. The van der Waals surface area contributed by atoms with Crippen molar-refractivity contribution in [3.63, 3.8) is 0 Å². The smallest absolute Gasteiger partial charge is 0.305 e. The van der Waals surface area contributed by atoms with Crippen LogP contribution in [0.5, 0.6) is 0 Å². The molecule has 1 rings (SSSR count). The molecule has 1 heterocycles. The largest absolute Gasteiger partial charge is 0.481 e. The number of amides is 2. The summed E-state index contributed by atoms with van der Waals surface area (Å²) in [6, 6.07) is -0.878. The monoisotopic (exact) mass is 274 g/mol. The number of nitrogens with zero attached hydrogens (tertiary/aromatic N) is 1. The molecule has 7 heteroatoms. The zero-order valence-electron chi connectivity index (χ0n) is 10.5. The average molecular weight is 274 g/mol. The van der Waals surface area contributed by atoms with Gasteiger partial charge in [0.25, 0.3) is 0 Å². The number of thioether (sulfide) groups is 1. The van der Waals surface area contributed by atoms with Gasteiger partial charge in [-0.05, 0) is 5.25 Å². The molecule has 0 bridgehead atoms. The average Bonchev–Trinajstić information content (AvgIpc) is 2.28. The molecule has 0 aromatic carbocycles. The van der Waals surface area contributed by atoms with Gasteiger partial charge < -0.3 is 15.3 Å². The Morgan fingerprint density at radius 3 is 2.78 bits per heavy atom. The molecule has 18 heavy (non-hydrogen) atoms. The van der Waals surface area contributed by atoms with Crippen molar-refractivity contribution in [2.45, 2.75) is 31.6 Å². The van der Waals surface area contributed by atoms with Gasteiger partial charge in [-0.25, -0.2) is 0 Å². The number of aliphatic carboxylic acids is 1. The van der Waals surface area contributed by atoms with E-state index in [0.29, 0.717) is 18.3 Å². The number of carbonyl (C=O) groups is 3. The number of carbonyl (C=O) groups excluding carboxylic acids is 2. The van der Waals surface area contributed by atoms with Crippen LogP contribution in [0.2, 0.25) is 0 Å². The third-order valence-electron chi connectivity index (χ3n) is 2.56. The molecule has 0 aromatic heterocycles. The Kier molecular flexibility index (Phi) is 5.46. The summed E-state index contributed by atoms with van der Waals surface area (Å²) in [4.78, 5) is 35.7. The molecule has 1 saturated heterocycles. The van der Waals surface area contributed by atoms with E-state index in [-0.39, 0.29) is 24.0 Å². The van der Waals surface area contributed by atoms with Gasteiger partial charge in [0, 0.05) is 13.1 Å². The van der Waals surface area contributed by atoms with E-state index in [0.717, 1.165) is 0 Å². The van der Waals surface area contributed by atoms with Crippen molar-refractivity contribution in [3.8, 4) is 0 Å². The van der Waals surface area contributed by atoms with Crippen LogP contribution in [-0.2, 0) is 14.4 Å². The van der Waals surface area contributed by atoms with Crippen molar-refractivity contribution < 1.29 is 19.5 Å². The molecular formula is C11H18N2O4S. The Bertz CT molecular complexity index is 346. The number of hydrogen-bond donors (Lipinski definition) is 2. The third-order valence-corrected chi connectivity index (χ3v) is 3.64. The summed E-state index contributed by atoms with van der Waals surface area (Å²) in [6.45, 7) is 4.72. The highest BCUT2D eigenvalue weighted by Gasteiger charge is 2.34. The van der Waals surface area contributed by atoms with Gasteiger partial charge in [0.15, 0.2) is 0 Å². The quantitative estimate of drug-likeness (QED) is 0.733. The van der Waals surface area contributed by atoms with Crippen molar-refractivity contribution >= 4 is 29.5 Å². The number of piperazine rings is 1. The predicted octanol–water partition coefficient (Wildman–Crippen LogP) is -0.0703. The van der Waals surface area contributed by atoms with E-state index >= 15 is 0 Å². The van der Waals surface area contributed by atoms with Gasteiger partial charge in [-0.15, -0.1) is 11.8 Å². The van der Waals surface area contributed by atoms with Crippen LogP contribution in [0, 0.1) is 0 Å². The number of nitrogens with one attached hydrogen (secondary N) is 1. The second kappa shape index (κ2) is 6.63. The van der Waals surface area contributed by atoms with E-state index in [2.05, 4.69) is 5.32 Å². The summed E-state index contributed by atoms with van der Waals surface area (Å²) in [5.41, 5.74) is 0. The lowest BCUT2D eigenvalue weighted by Gasteiger charge is -2.34. The molecule has 0 saturated carbocycles. The van der Waals surface area contributed by atoms with Gasteiger partial charge in [-0.1, -0.05) is 13.8 Å². The molecule has 0 radical (unpaired) electrons. The molecule has 6 nitrogen and oxygen atoms in total. The van der Waals surface area contributed by atoms with Crippen LogP contribution in [0.25, 0.3) is 0 Å². The summed E-state index contributed by atoms with van der Waals surface area (Å²) in [5, 5.41) is 11.7. The lowest BCUT2D eigenvalue weighted by atomic mass is 10.1. The number of carboxylic acid groups (broad SMARTS) is 1. The van der Waals surface area contributed by atoms with Crippen molar-refractivity contribution in [2.24, 2.45) is 0 Å². The lowest BCUT2D eigenvalue weighted by molar-refractivity contribution is -0.147. The molecule has 0 aromatic rings. The molecule has 102 valence electrons. The molecule has 2 N–H and O–H groups in total. The second-order valence-electron chi connectivity index (χ2n) is 4.35. The highest BCUT2D eigenvalue weighted by molar-refractivity contribution is 8.00. The fourth-order valence-electron chi connectivity index (χ4n) is 1.70. The van der Waals surface area contributed by atoms with Crippen molar-refractivity contribution in [1.29, 1.82) is 0 Å². The Hall–Kier alpha value is -1.24. The van der Waals surface area contributed by atoms with Crippen LogP contribution in [0.1, 0.15) is 20.3 Å². The van der Waals surface area contributed by atoms with E-state index in [9.17, 15) is 14.4 Å². The number of carboxylic acids is 1. The van der Waals surface area contributed by atoms with Crippen molar-refractivity contribution in [1.82, 2.24) is 10.2 Å². The van der Waals surface area contributed by atoms with Gasteiger partial charge in [0.1, 0.15) is 6.04 Å². The van der Waals surface area contributed by atoms with Gasteiger partial charge in [-0.3, -0.25) is 14.4 Å². The first kappa shape index (κ1) is 14.8. The summed E-state index contributed by atoms with van der Waals surface area (Å²) < 4.78 is 0. The summed E-state index contributed by atoms with van der Waals surface area (Å²) in [6.07, 6.45) is -0.343. The molecule has 1 aliphatic rings. The maximum Gasteiger partial charge on any atom is 0.305 e. The Labute approximate surface area is 110 Å². The molecule has 1 atom stereocenters. The van der Waals surface area contributed by atoms with Gasteiger partial charge >= 0.3 is 5.97 Å². The lowest BCUT2D eigenvalue weighted by Crippen LogP contribution is -2.58. The fraction of sp³-hybridized carbons (Fsp3) is 0.727. The van der Waals surface area contributed by atoms with Crippen LogP contribution < -0.4 is 5.32 Å². The predicted molar refractivity (Wildman–Crippen MR) is 68.4 cm³/mol. The minimum Gasteiger partial charge on any atom is -0.481 e. The molecule has 1 unspecified atom stereocenters. The van der Waals surface area contributed by atoms with Gasteiger partial charge in [0.05, 0.1) is 12.2 Å². The highest BCUT2D eigenvalue weighted by Crippen LogP contribution is 2.14. The molecule has 1 aliphatic heterocycles. The first-order valence-electron chi connectivity index (χ1n) is 5.82. The Morgan fingerprint density at radius 1 is 1.56 bits per heavy atom. The zero-order valence-corrected chi connectivity index (χ0v) is 11.3. The Morgan fingerprint density at radius 2 is 2.22 bits per heavy atom. The van der Waals surface area contributed by atoms with Crippen LogP contribution in [-0.4, -0.2) is 57.9 Å². The third kappa shape index (κ3) is 4.21. The molecule has 1 fully saturated rings. The second-order valence-corrected chi connectivity index (χ2v) is 5.92. The fourth-order valence-corrected chi connectivity index (χ4v) is 2.34. The van der Waals surface area contributed by atoms with Crippen molar-refractivity contribution in [3.05, 3.63) is 0 Å². The standard InChI is InChI=1S/C11H18N2O4S/c1-7(2)18-6-9(14)13-4-3-12-11(17)8(13)5-10(15)16/h7-8H,3-6H2,1-2H3,(H,12,17)(H,15,16). The van der Waals surface area contributed by atoms with E-state index in [1.54, 1.807) is 0 Å². The minimum absolute atomic E-state index is 0.171. The summed E-state index contributed by atoms with van der Waals surface area (Å²) >= 11 is 1.48. The van der Waals surface area contributed by atoms with E-state index in [4.69, 9.17) is 5.11 Å². The maximum absolute atomic E-state index is 12.0. The van der Waals surface area contributed by atoms with Crippen LogP contribution >= 0.6 is 11.8 Å². The molecular weight excluding hydrogens is 256 g/mol. The van der Waals surface area contributed by atoms with Crippen LogP contribution in [0.3, 0.4) is 0 Å². The van der Waals surface area contributed by atoms with Crippen LogP contribution in [0.4, 0.5) is 0 Å². The number of rotatable bonds is 5. The van der Waals surface area contributed by atoms with E-state index in [1.165, 1.54) is 16.7 Å². The van der Waals surface area contributed by atoms with Gasteiger partial charge in [-0.2, -0.15) is 0 Å². The van der Waals surface area contributed by atoms with Gasteiger partial charge in [0.2, 0.25) is 11.8 Å². The molecule has 2 amide bonds. The molecule has 0 aliphatic carbocycles. The summed E-state index contributed by atoms with van der Waals surface area (Å²) in [7, 11) is 0. The normalized spacial score (nSPS) is 19.8. The van der Waals surface area contributed by atoms with E-state index < -0.39 is 12.0 Å². The minimum atomic E-state index is -1.08. The van der Waals surface area contributed by atoms with E-state index in [1.807, 2.05) is 13.8 Å². The maximum atomic E-state index is 12.0. The van der Waals surface area contributed by atoms with Crippen LogP contribution in [0.15, 0.2) is 0 Å². The first-order valence-corrected chi connectivity index (χ1v) is 6.87. The highest BCUT2D eigenvalue weighted by atomic mass is 32.2.